The van der Waals surface area contributed by atoms with Crippen LogP contribution >= 0.6 is 11.3 Å². The second-order valence-electron chi connectivity index (χ2n) is 2.78. The lowest BCUT2D eigenvalue weighted by molar-refractivity contribution is 1.34. The molecule has 1 aromatic carbocycles. The summed E-state index contributed by atoms with van der Waals surface area (Å²) in [4.78, 5) is 20.9. The highest BCUT2D eigenvalue weighted by atomic mass is 32.1. The highest BCUT2D eigenvalue weighted by Crippen LogP contribution is 2.19. The molecule has 0 spiro atoms. The van der Waals surface area contributed by atoms with Crippen LogP contribution in [0.3, 0.4) is 0 Å². The molecule has 0 unspecified atom stereocenters. The quantitative estimate of drug-likeness (QED) is 0.565. The zero-order valence-electron chi connectivity index (χ0n) is 6.50. The van der Waals surface area contributed by atoms with Gasteiger partial charge in [0.15, 0.2) is 0 Å². The Kier molecular flexibility index (Phi) is 1.16. The normalized spacial score (nSPS) is 11.4. The van der Waals surface area contributed by atoms with Gasteiger partial charge in [-0.3, -0.25) is 4.79 Å². The van der Waals surface area contributed by atoms with Gasteiger partial charge in [-0.05, 0) is 12.1 Å². The first-order chi connectivity index (χ1) is 6.33. The molecule has 3 aromatic rings. The fraction of sp³-hybridized carbons (Fsp3) is 0. The van der Waals surface area contributed by atoms with Crippen LogP contribution in [0.5, 0.6) is 0 Å². The molecule has 0 aliphatic carbocycles. The molecule has 0 saturated carbocycles. The molecule has 0 aliphatic heterocycles. The van der Waals surface area contributed by atoms with E-state index in [2.05, 4.69) is 15.0 Å². The number of aromatic nitrogens is 3. The summed E-state index contributed by atoms with van der Waals surface area (Å²) >= 11 is 1.21. The van der Waals surface area contributed by atoms with Gasteiger partial charge in [0, 0.05) is 0 Å². The van der Waals surface area contributed by atoms with E-state index in [0.29, 0.717) is 0 Å². The summed E-state index contributed by atoms with van der Waals surface area (Å²) in [6.45, 7) is 0. The van der Waals surface area contributed by atoms with E-state index in [0.717, 1.165) is 21.3 Å². The summed E-state index contributed by atoms with van der Waals surface area (Å²) in [5.74, 6) is 0. The minimum absolute atomic E-state index is 0.0253. The van der Waals surface area contributed by atoms with Crippen LogP contribution in [0.4, 0.5) is 0 Å². The Morgan fingerprint density at radius 1 is 1.31 bits per heavy atom. The number of imidazole rings is 1. The molecule has 0 aliphatic rings. The first-order valence-corrected chi connectivity index (χ1v) is 4.60. The van der Waals surface area contributed by atoms with Crippen molar-refractivity contribution in [2.24, 2.45) is 0 Å². The monoisotopic (exact) mass is 191 g/mol. The first-order valence-electron chi connectivity index (χ1n) is 3.79. The number of hydrogen-bond donors (Lipinski definition) is 2. The topological polar surface area (TPSA) is 61.5 Å². The van der Waals surface area contributed by atoms with Crippen molar-refractivity contribution in [1.29, 1.82) is 0 Å². The van der Waals surface area contributed by atoms with Crippen molar-refractivity contribution in [1.82, 2.24) is 15.0 Å². The number of nitrogens with zero attached hydrogens (tertiary/aromatic N) is 1. The van der Waals surface area contributed by atoms with Crippen LogP contribution < -0.4 is 4.87 Å². The Balaban J connectivity index is 2.62. The Hall–Kier alpha value is -1.62. The van der Waals surface area contributed by atoms with E-state index in [1.807, 2.05) is 12.1 Å². The van der Waals surface area contributed by atoms with E-state index in [9.17, 15) is 4.79 Å². The third-order valence-electron chi connectivity index (χ3n) is 1.96. The van der Waals surface area contributed by atoms with Gasteiger partial charge in [-0.15, -0.1) is 0 Å². The largest absolute Gasteiger partial charge is 0.345 e. The van der Waals surface area contributed by atoms with E-state index in [4.69, 9.17) is 0 Å². The van der Waals surface area contributed by atoms with Crippen molar-refractivity contribution in [3.05, 3.63) is 28.1 Å². The first kappa shape index (κ1) is 6.85. The molecule has 13 heavy (non-hydrogen) atoms. The summed E-state index contributed by atoms with van der Waals surface area (Å²) in [5, 5.41) is 0. The Morgan fingerprint density at radius 3 is 3.15 bits per heavy atom. The molecule has 64 valence electrons. The molecule has 2 N–H and O–H groups in total. The molecule has 0 radical (unpaired) electrons. The van der Waals surface area contributed by atoms with Gasteiger partial charge in [0.05, 0.1) is 27.6 Å². The maximum absolute atomic E-state index is 11.0. The number of thiazole rings is 1. The van der Waals surface area contributed by atoms with E-state index >= 15 is 0 Å². The van der Waals surface area contributed by atoms with Crippen LogP contribution in [0.2, 0.25) is 0 Å². The Bertz CT molecular complexity index is 582. The lowest BCUT2D eigenvalue weighted by atomic mass is 10.3. The van der Waals surface area contributed by atoms with E-state index in [1.165, 1.54) is 11.3 Å². The Morgan fingerprint density at radius 2 is 2.23 bits per heavy atom. The summed E-state index contributed by atoms with van der Waals surface area (Å²) in [5.41, 5.74) is 2.70. The van der Waals surface area contributed by atoms with Gasteiger partial charge in [0.1, 0.15) is 0 Å². The standard InChI is InChI=1S/C8H5N3OS/c12-8-11-6-1-4-5(10-3-9-4)2-7(6)13-8/h1-3H,(H,9,10)(H,11,12). The van der Waals surface area contributed by atoms with Gasteiger partial charge < -0.3 is 9.97 Å². The maximum Gasteiger partial charge on any atom is 0.305 e. The third-order valence-corrected chi connectivity index (χ3v) is 2.81. The van der Waals surface area contributed by atoms with Crippen molar-refractivity contribution >= 4 is 32.6 Å². The van der Waals surface area contributed by atoms with Gasteiger partial charge in [-0.25, -0.2) is 4.98 Å². The van der Waals surface area contributed by atoms with Crippen molar-refractivity contribution < 1.29 is 0 Å². The van der Waals surface area contributed by atoms with Crippen LogP contribution in [-0.2, 0) is 0 Å². The number of hydrogen-bond acceptors (Lipinski definition) is 3. The predicted molar refractivity (Wildman–Crippen MR) is 52.1 cm³/mol. The molecule has 0 bridgehead atoms. The average Bonchev–Trinajstić information content (AvgIpc) is 2.63. The van der Waals surface area contributed by atoms with Crippen LogP contribution in [0.25, 0.3) is 21.3 Å². The summed E-state index contributed by atoms with van der Waals surface area (Å²) < 4.78 is 0.949. The highest BCUT2D eigenvalue weighted by molar-refractivity contribution is 7.16. The molecule has 3 rings (SSSR count). The minimum Gasteiger partial charge on any atom is -0.345 e. The van der Waals surface area contributed by atoms with E-state index < -0.39 is 0 Å². The van der Waals surface area contributed by atoms with Crippen molar-refractivity contribution in [3.8, 4) is 0 Å². The van der Waals surface area contributed by atoms with E-state index in [-0.39, 0.29) is 4.87 Å². The Labute approximate surface area is 76.2 Å². The number of benzene rings is 1. The lowest BCUT2D eigenvalue weighted by Gasteiger charge is -1.87. The third kappa shape index (κ3) is 0.905. The zero-order valence-corrected chi connectivity index (χ0v) is 7.31. The van der Waals surface area contributed by atoms with Gasteiger partial charge in [-0.1, -0.05) is 11.3 Å². The molecule has 2 heterocycles. The molecule has 4 nitrogen and oxygen atoms in total. The zero-order chi connectivity index (χ0) is 8.84. The SMILES string of the molecule is O=c1[nH]c2cc3[nH]cnc3cc2s1. The van der Waals surface area contributed by atoms with Crippen LogP contribution in [-0.4, -0.2) is 15.0 Å². The molecule has 2 aromatic heterocycles. The molecule has 5 heteroatoms. The smallest absolute Gasteiger partial charge is 0.305 e. The van der Waals surface area contributed by atoms with Crippen molar-refractivity contribution in [2.45, 2.75) is 0 Å². The molecular weight excluding hydrogens is 186 g/mol. The molecular formula is C8H5N3OS. The van der Waals surface area contributed by atoms with Crippen molar-refractivity contribution in [2.75, 3.05) is 0 Å². The highest BCUT2D eigenvalue weighted by Gasteiger charge is 2.02. The summed E-state index contributed by atoms with van der Waals surface area (Å²) in [6.07, 6.45) is 1.65. The number of rotatable bonds is 0. The van der Waals surface area contributed by atoms with Gasteiger partial charge in [0.25, 0.3) is 0 Å². The predicted octanol–water partition coefficient (Wildman–Crippen LogP) is 1.47. The summed E-state index contributed by atoms with van der Waals surface area (Å²) in [6, 6.07) is 3.80. The molecule has 0 amide bonds. The van der Waals surface area contributed by atoms with Crippen LogP contribution in [0.1, 0.15) is 0 Å². The van der Waals surface area contributed by atoms with Crippen LogP contribution in [0.15, 0.2) is 23.3 Å². The van der Waals surface area contributed by atoms with E-state index in [1.54, 1.807) is 6.33 Å². The number of aromatic amines is 2. The molecule has 0 fully saturated rings. The average molecular weight is 191 g/mol. The lowest BCUT2D eigenvalue weighted by Crippen LogP contribution is -1.89. The fourth-order valence-corrected chi connectivity index (χ4v) is 2.13. The maximum atomic E-state index is 11.0. The second-order valence-corrected chi connectivity index (χ2v) is 3.80. The van der Waals surface area contributed by atoms with Gasteiger partial charge in [0.2, 0.25) is 0 Å². The van der Waals surface area contributed by atoms with Gasteiger partial charge in [-0.2, -0.15) is 0 Å². The number of H-pyrrole nitrogens is 2. The number of fused-ring (bicyclic) bond motifs is 2. The van der Waals surface area contributed by atoms with Crippen LogP contribution in [0, 0.1) is 0 Å². The summed E-state index contributed by atoms with van der Waals surface area (Å²) in [7, 11) is 0. The minimum atomic E-state index is -0.0253. The second kappa shape index (κ2) is 2.20. The van der Waals surface area contributed by atoms with Gasteiger partial charge >= 0.3 is 4.87 Å². The fourth-order valence-electron chi connectivity index (χ4n) is 1.38. The number of nitrogens with one attached hydrogen (secondary N) is 2. The molecule has 0 saturated heterocycles. The van der Waals surface area contributed by atoms with Crippen molar-refractivity contribution in [3.63, 3.8) is 0 Å². The molecule has 0 atom stereocenters.